The van der Waals surface area contributed by atoms with Gasteiger partial charge in [0.15, 0.2) is 0 Å². The molecule has 0 radical (unpaired) electrons. The van der Waals surface area contributed by atoms with Crippen LogP contribution < -0.4 is 10.9 Å². The highest BCUT2D eigenvalue weighted by Crippen LogP contribution is 2.37. The molecule has 1 N–H and O–H groups in total. The van der Waals surface area contributed by atoms with Crippen LogP contribution >= 0.6 is 0 Å². The number of furan rings is 1. The van der Waals surface area contributed by atoms with E-state index in [0.717, 1.165) is 52.5 Å². The van der Waals surface area contributed by atoms with Gasteiger partial charge in [-0.2, -0.15) is 0 Å². The van der Waals surface area contributed by atoms with Gasteiger partial charge in [-0.15, -0.1) is 0 Å². The Morgan fingerprint density at radius 2 is 1.86 bits per heavy atom. The fraction of sp³-hybridized carbons (Fsp3) is 0.478. The number of carbonyl (C=O) groups is 1. The molecule has 0 aliphatic heterocycles. The van der Waals surface area contributed by atoms with Crippen molar-refractivity contribution in [3.8, 4) is 0 Å². The van der Waals surface area contributed by atoms with Gasteiger partial charge in [-0.05, 0) is 51.2 Å². The summed E-state index contributed by atoms with van der Waals surface area (Å²) >= 11 is 0. The molecule has 0 saturated heterocycles. The molecule has 1 aliphatic rings. The fourth-order valence-electron chi connectivity index (χ4n) is 4.33. The summed E-state index contributed by atoms with van der Waals surface area (Å²) in [6.45, 7) is 4.82. The first-order valence-corrected chi connectivity index (χ1v) is 10.3. The molecule has 154 valence electrons. The van der Waals surface area contributed by atoms with Gasteiger partial charge in [0.05, 0.1) is 6.61 Å². The molecule has 2 heterocycles. The van der Waals surface area contributed by atoms with E-state index in [1.54, 1.807) is 7.11 Å². The maximum atomic E-state index is 12.7. The largest absolute Gasteiger partial charge is 0.460 e. The van der Waals surface area contributed by atoms with Crippen LogP contribution in [0.5, 0.6) is 0 Å². The van der Waals surface area contributed by atoms with Crippen LogP contribution in [0.15, 0.2) is 19.7 Å². The topological polar surface area (TPSA) is 81.7 Å². The lowest BCUT2D eigenvalue weighted by molar-refractivity contribution is -0.121. The first-order valence-electron chi connectivity index (χ1n) is 10.3. The van der Waals surface area contributed by atoms with Crippen molar-refractivity contribution in [3.05, 3.63) is 44.5 Å². The van der Waals surface area contributed by atoms with E-state index >= 15 is 0 Å². The van der Waals surface area contributed by atoms with Crippen molar-refractivity contribution in [1.82, 2.24) is 5.32 Å². The van der Waals surface area contributed by atoms with Crippen LogP contribution in [-0.2, 0) is 28.8 Å². The summed E-state index contributed by atoms with van der Waals surface area (Å²) in [4.78, 5) is 24.7. The molecule has 0 unspecified atom stereocenters. The summed E-state index contributed by atoms with van der Waals surface area (Å²) in [5.41, 5.74) is 4.65. The van der Waals surface area contributed by atoms with Crippen molar-refractivity contribution in [2.75, 3.05) is 20.3 Å². The van der Waals surface area contributed by atoms with Crippen molar-refractivity contribution in [3.63, 3.8) is 0 Å². The molecule has 0 atom stereocenters. The molecule has 1 aromatic carbocycles. The Hall–Kier alpha value is -2.60. The zero-order valence-corrected chi connectivity index (χ0v) is 17.3. The van der Waals surface area contributed by atoms with Gasteiger partial charge in [0.25, 0.3) is 0 Å². The Morgan fingerprint density at radius 3 is 2.66 bits per heavy atom. The number of amides is 1. The number of rotatable bonds is 6. The smallest absolute Gasteiger partial charge is 0.339 e. The second-order valence-corrected chi connectivity index (χ2v) is 7.80. The lowest BCUT2D eigenvalue weighted by Crippen LogP contribution is -2.27. The number of methoxy groups -OCH3 is 1. The second kappa shape index (κ2) is 8.03. The van der Waals surface area contributed by atoms with E-state index in [2.05, 4.69) is 11.4 Å². The summed E-state index contributed by atoms with van der Waals surface area (Å²) < 4.78 is 16.8. The van der Waals surface area contributed by atoms with Crippen LogP contribution in [0.3, 0.4) is 0 Å². The van der Waals surface area contributed by atoms with Gasteiger partial charge >= 0.3 is 5.63 Å². The number of aryl methyl sites for hydroxylation is 4. The minimum atomic E-state index is -0.376. The number of hydrogen-bond donors (Lipinski definition) is 1. The molecule has 1 amide bonds. The lowest BCUT2D eigenvalue weighted by atomic mass is 9.93. The van der Waals surface area contributed by atoms with Crippen LogP contribution in [0.25, 0.3) is 21.9 Å². The van der Waals surface area contributed by atoms with E-state index in [4.69, 9.17) is 13.6 Å². The van der Waals surface area contributed by atoms with Crippen LogP contribution in [0, 0.1) is 13.8 Å². The molecular weight excluding hydrogens is 370 g/mol. The molecular formula is C23H27NO5. The molecule has 4 rings (SSSR count). The highest BCUT2D eigenvalue weighted by Gasteiger charge is 2.22. The Balaban J connectivity index is 1.73. The third-order valence-corrected chi connectivity index (χ3v) is 5.95. The monoisotopic (exact) mass is 397 g/mol. The van der Waals surface area contributed by atoms with Crippen molar-refractivity contribution in [1.29, 1.82) is 0 Å². The third-order valence-electron chi connectivity index (χ3n) is 5.95. The minimum absolute atomic E-state index is 0.100. The number of carbonyl (C=O) groups excluding carboxylic acids is 1. The summed E-state index contributed by atoms with van der Waals surface area (Å²) in [6, 6.07) is 2.10. The first-order chi connectivity index (χ1) is 14.0. The van der Waals surface area contributed by atoms with Crippen LogP contribution in [-0.4, -0.2) is 26.2 Å². The van der Waals surface area contributed by atoms with Crippen molar-refractivity contribution in [2.45, 2.75) is 52.4 Å². The quantitative estimate of drug-likeness (QED) is 0.506. The predicted octanol–water partition coefficient (Wildman–Crippen LogP) is 3.73. The molecule has 3 aromatic rings. The Morgan fingerprint density at radius 1 is 1.10 bits per heavy atom. The number of benzene rings is 1. The minimum Gasteiger partial charge on any atom is -0.460 e. The van der Waals surface area contributed by atoms with E-state index in [9.17, 15) is 9.59 Å². The first kappa shape index (κ1) is 19.7. The average Bonchev–Trinajstić information content (AvgIpc) is 3.08. The zero-order valence-electron chi connectivity index (χ0n) is 17.3. The molecule has 2 aromatic heterocycles. The fourth-order valence-corrected chi connectivity index (χ4v) is 4.33. The maximum Gasteiger partial charge on any atom is 0.339 e. The summed E-state index contributed by atoms with van der Waals surface area (Å²) in [7, 11) is 1.59. The van der Waals surface area contributed by atoms with E-state index < -0.39 is 0 Å². The number of ether oxygens (including phenoxy) is 1. The normalized spacial score (nSPS) is 13.8. The maximum absolute atomic E-state index is 12.7. The Kier molecular flexibility index (Phi) is 5.46. The number of nitrogens with one attached hydrogen (secondary N) is 1. The molecule has 0 bridgehead atoms. The van der Waals surface area contributed by atoms with Crippen LogP contribution in [0.2, 0.25) is 0 Å². The molecule has 0 saturated carbocycles. The SMILES string of the molecule is COCCNC(=O)CCc1c(C)c2cc3c4c(oc3c(C)c2oc1=O)CCCC4. The molecule has 29 heavy (non-hydrogen) atoms. The van der Waals surface area contributed by atoms with Gasteiger partial charge in [-0.25, -0.2) is 4.79 Å². The van der Waals surface area contributed by atoms with E-state index in [1.807, 2.05) is 13.8 Å². The Bertz CT molecular complexity index is 1140. The second-order valence-electron chi connectivity index (χ2n) is 7.80. The average molecular weight is 397 g/mol. The Labute approximate surface area is 169 Å². The highest BCUT2D eigenvalue weighted by atomic mass is 16.5. The van der Waals surface area contributed by atoms with Gasteiger partial charge in [0.1, 0.15) is 16.9 Å². The van der Waals surface area contributed by atoms with Crippen molar-refractivity contribution in [2.24, 2.45) is 0 Å². The van der Waals surface area contributed by atoms with Gasteiger partial charge in [-0.1, -0.05) is 0 Å². The van der Waals surface area contributed by atoms with Gasteiger partial charge < -0.3 is 18.9 Å². The standard InChI is InChI=1S/C23H27NO5/c1-13-15(8-9-20(25)24-10-11-27-3)23(26)29-21-14(2)22-18(12-17(13)21)16-6-4-5-7-19(16)28-22/h12H,4-11H2,1-3H3,(H,24,25). The molecule has 0 fully saturated rings. The number of fused-ring (bicyclic) bond motifs is 4. The summed E-state index contributed by atoms with van der Waals surface area (Å²) in [5.74, 6) is 0.967. The van der Waals surface area contributed by atoms with E-state index in [0.29, 0.717) is 30.7 Å². The summed E-state index contributed by atoms with van der Waals surface area (Å²) in [5, 5.41) is 4.84. The highest BCUT2D eigenvalue weighted by molar-refractivity contribution is 6.00. The van der Waals surface area contributed by atoms with E-state index in [1.165, 1.54) is 12.0 Å². The molecule has 0 spiro atoms. The zero-order chi connectivity index (χ0) is 20.5. The third kappa shape index (κ3) is 3.57. The molecule has 6 heteroatoms. The van der Waals surface area contributed by atoms with E-state index in [-0.39, 0.29) is 18.0 Å². The van der Waals surface area contributed by atoms with Gasteiger partial charge in [0.2, 0.25) is 5.91 Å². The van der Waals surface area contributed by atoms with Crippen LogP contribution in [0.4, 0.5) is 0 Å². The number of hydrogen-bond acceptors (Lipinski definition) is 5. The summed E-state index contributed by atoms with van der Waals surface area (Å²) in [6.07, 6.45) is 4.90. The van der Waals surface area contributed by atoms with Crippen molar-refractivity contribution < 1.29 is 18.4 Å². The van der Waals surface area contributed by atoms with Crippen LogP contribution in [0.1, 0.15) is 47.3 Å². The predicted molar refractivity (Wildman–Crippen MR) is 112 cm³/mol. The van der Waals surface area contributed by atoms with Gasteiger partial charge in [0, 0.05) is 54.0 Å². The molecule has 6 nitrogen and oxygen atoms in total. The lowest BCUT2D eigenvalue weighted by Gasteiger charge is -2.11. The van der Waals surface area contributed by atoms with Gasteiger partial charge in [-0.3, -0.25) is 4.79 Å². The van der Waals surface area contributed by atoms with Crippen molar-refractivity contribution >= 4 is 27.8 Å². The molecule has 1 aliphatic carbocycles.